The van der Waals surface area contributed by atoms with Crippen molar-refractivity contribution in [2.75, 3.05) is 13.6 Å². The molecule has 2 N–H and O–H groups in total. The highest BCUT2D eigenvalue weighted by Gasteiger charge is 2.30. The molecule has 0 saturated heterocycles. The smallest absolute Gasteiger partial charge is 0.227 e. The zero-order valence-corrected chi connectivity index (χ0v) is 12.7. The van der Waals surface area contributed by atoms with Crippen molar-refractivity contribution in [2.45, 2.75) is 59.4 Å². The van der Waals surface area contributed by atoms with Crippen LogP contribution in [0.1, 0.15) is 53.4 Å². The van der Waals surface area contributed by atoms with Crippen LogP contribution in [0.2, 0.25) is 0 Å². The second kappa shape index (κ2) is 6.55. The largest absolute Gasteiger partial charge is 0.353 e. The average Bonchev–Trinajstić information content (AvgIpc) is 2.29. The molecule has 0 spiro atoms. The van der Waals surface area contributed by atoms with E-state index in [4.69, 9.17) is 0 Å². The fourth-order valence-electron chi connectivity index (χ4n) is 2.83. The van der Waals surface area contributed by atoms with Gasteiger partial charge in [0.25, 0.3) is 0 Å². The molecule has 106 valence electrons. The lowest BCUT2D eigenvalue weighted by atomic mass is 9.79. The minimum atomic E-state index is -0.316. The Hall–Kier alpha value is -0.570. The summed E-state index contributed by atoms with van der Waals surface area (Å²) in [4.78, 5) is 12.2. The lowest BCUT2D eigenvalue weighted by molar-refractivity contribution is -0.130. The van der Waals surface area contributed by atoms with Gasteiger partial charge in [0.05, 0.1) is 5.41 Å². The van der Waals surface area contributed by atoms with Crippen LogP contribution in [0.5, 0.6) is 0 Å². The molecule has 0 radical (unpaired) electrons. The lowest BCUT2D eigenvalue weighted by Gasteiger charge is -2.33. The van der Waals surface area contributed by atoms with E-state index < -0.39 is 0 Å². The number of rotatable bonds is 5. The molecule has 1 aliphatic carbocycles. The van der Waals surface area contributed by atoms with Crippen molar-refractivity contribution in [3.8, 4) is 0 Å². The Kier molecular flexibility index (Phi) is 5.64. The lowest BCUT2D eigenvalue weighted by Crippen LogP contribution is -2.47. The van der Waals surface area contributed by atoms with E-state index in [1.54, 1.807) is 0 Å². The maximum Gasteiger partial charge on any atom is 0.227 e. The van der Waals surface area contributed by atoms with E-state index in [9.17, 15) is 4.79 Å². The van der Waals surface area contributed by atoms with Crippen molar-refractivity contribution in [1.29, 1.82) is 0 Å². The highest BCUT2D eigenvalue weighted by molar-refractivity contribution is 5.82. The number of nitrogens with one attached hydrogen (secondary N) is 2. The van der Waals surface area contributed by atoms with Crippen molar-refractivity contribution in [2.24, 2.45) is 17.3 Å². The quantitative estimate of drug-likeness (QED) is 0.791. The van der Waals surface area contributed by atoms with Gasteiger partial charge in [-0.1, -0.05) is 13.8 Å². The Morgan fingerprint density at radius 3 is 2.22 bits per heavy atom. The van der Waals surface area contributed by atoms with Gasteiger partial charge >= 0.3 is 0 Å². The number of carbonyl (C=O) groups excluding carboxylic acids is 1. The van der Waals surface area contributed by atoms with Crippen LogP contribution in [0.25, 0.3) is 0 Å². The third-order valence-electron chi connectivity index (χ3n) is 4.28. The molecule has 3 heteroatoms. The van der Waals surface area contributed by atoms with Crippen LogP contribution in [0.15, 0.2) is 0 Å². The topological polar surface area (TPSA) is 41.1 Å². The molecule has 0 bridgehead atoms. The van der Waals surface area contributed by atoms with Crippen LogP contribution in [0, 0.1) is 17.3 Å². The zero-order valence-electron chi connectivity index (χ0n) is 12.7. The molecule has 18 heavy (non-hydrogen) atoms. The molecule has 1 amide bonds. The molecule has 0 heterocycles. The minimum Gasteiger partial charge on any atom is -0.353 e. The van der Waals surface area contributed by atoms with Crippen LogP contribution < -0.4 is 10.6 Å². The zero-order chi connectivity index (χ0) is 13.8. The Morgan fingerprint density at radius 1 is 1.22 bits per heavy atom. The van der Waals surface area contributed by atoms with Gasteiger partial charge in [0.1, 0.15) is 0 Å². The van der Waals surface area contributed by atoms with Crippen molar-refractivity contribution in [3.05, 3.63) is 0 Å². The van der Waals surface area contributed by atoms with Crippen molar-refractivity contribution in [1.82, 2.24) is 10.6 Å². The van der Waals surface area contributed by atoms with Gasteiger partial charge in [-0.3, -0.25) is 4.79 Å². The maximum absolute atomic E-state index is 12.2. The molecule has 1 saturated carbocycles. The number of hydrogen-bond donors (Lipinski definition) is 2. The molecule has 1 fully saturated rings. The van der Waals surface area contributed by atoms with E-state index in [0.717, 1.165) is 31.2 Å². The summed E-state index contributed by atoms with van der Waals surface area (Å²) in [6, 6.07) is 0.392. The standard InChI is InChI=1S/C15H30N2O/c1-11(2)12-6-8-13(9-7-12)17-14(18)15(3,4)10-16-5/h11-13,16H,6-10H2,1-5H3,(H,17,18)/t12-,13-. The Balaban J connectivity index is 2.39. The first-order valence-corrected chi connectivity index (χ1v) is 7.32. The normalized spacial score (nSPS) is 25.2. The highest BCUT2D eigenvalue weighted by atomic mass is 16.2. The van der Waals surface area contributed by atoms with E-state index in [2.05, 4.69) is 24.5 Å². The molecule has 1 rings (SSSR count). The van der Waals surface area contributed by atoms with E-state index in [1.807, 2.05) is 20.9 Å². The summed E-state index contributed by atoms with van der Waals surface area (Å²) in [5.74, 6) is 1.82. The Labute approximate surface area is 112 Å². The molecule has 0 atom stereocenters. The fourth-order valence-corrected chi connectivity index (χ4v) is 2.83. The van der Waals surface area contributed by atoms with Crippen LogP contribution in [-0.4, -0.2) is 25.5 Å². The van der Waals surface area contributed by atoms with Gasteiger partial charge in [0.15, 0.2) is 0 Å². The SMILES string of the molecule is CNCC(C)(C)C(=O)N[C@H]1CC[C@H](C(C)C)CC1. The predicted molar refractivity (Wildman–Crippen MR) is 76.4 cm³/mol. The first-order valence-electron chi connectivity index (χ1n) is 7.32. The molecule has 0 aromatic rings. The molecule has 0 aromatic heterocycles. The molecule has 0 unspecified atom stereocenters. The number of hydrogen-bond acceptors (Lipinski definition) is 2. The average molecular weight is 254 g/mol. The monoisotopic (exact) mass is 254 g/mol. The highest BCUT2D eigenvalue weighted by Crippen LogP contribution is 2.30. The van der Waals surface area contributed by atoms with Crippen LogP contribution in [-0.2, 0) is 4.79 Å². The van der Waals surface area contributed by atoms with Crippen molar-refractivity contribution in [3.63, 3.8) is 0 Å². The molecule has 0 aromatic carbocycles. The number of carbonyl (C=O) groups is 1. The molecular weight excluding hydrogens is 224 g/mol. The molecule has 1 aliphatic rings. The van der Waals surface area contributed by atoms with Gasteiger partial charge in [-0.2, -0.15) is 0 Å². The summed E-state index contributed by atoms with van der Waals surface area (Å²) in [6.45, 7) is 9.33. The van der Waals surface area contributed by atoms with Gasteiger partial charge in [-0.25, -0.2) is 0 Å². The third-order valence-corrected chi connectivity index (χ3v) is 4.28. The summed E-state index contributed by atoms with van der Waals surface area (Å²) in [7, 11) is 1.89. The van der Waals surface area contributed by atoms with Crippen molar-refractivity contribution < 1.29 is 4.79 Å². The second-order valence-electron chi connectivity index (χ2n) is 6.74. The predicted octanol–water partition coefficient (Wildman–Crippen LogP) is 2.56. The summed E-state index contributed by atoms with van der Waals surface area (Å²) in [5, 5.41) is 6.31. The van der Waals surface area contributed by atoms with Gasteiger partial charge in [0, 0.05) is 12.6 Å². The van der Waals surface area contributed by atoms with E-state index in [1.165, 1.54) is 12.8 Å². The van der Waals surface area contributed by atoms with Gasteiger partial charge in [-0.15, -0.1) is 0 Å². The summed E-state index contributed by atoms with van der Waals surface area (Å²) >= 11 is 0. The first-order chi connectivity index (χ1) is 8.36. The fraction of sp³-hybridized carbons (Fsp3) is 0.933. The van der Waals surface area contributed by atoms with E-state index >= 15 is 0 Å². The first kappa shape index (κ1) is 15.5. The van der Waals surface area contributed by atoms with E-state index in [-0.39, 0.29) is 11.3 Å². The van der Waals surface area contributed by atoms with Gasteiger partial charge < -0.3 is 10.6 Å². The molecule has 0 aliphatic heterocycles. The van der Waals surface area contributed by atoms with Crippen LogP contribution in [0.4, 0.5) is 0 Å². The second-order valence-corrected chi connectivity index (χ2v) is 6.74. The van der Waals surface area contributed by atoms with Crippen LogP contribution in [0.3, 0.4) is 0 Å². The summed E-state index contributed by atoms with van der Waals surface area (Å²) in [6.07, 6.45) is 4.80. The summed E-state index contributed by atoms with van der Waals surface area (Å²) < 4.78 is 0. The summed E-state index contributed by atoms with van der Waals surface area (Å²) in [5.41, 5.74) is -0.316. The van der Waals surface area contributed by atoms with Crippen molar-refractivity contribution >= 4 is 5.91 Å². The molecule has 3 nitrogen and oxygen atoms in total. The van der Waals surface area contributed by atoms with Gasteiger partial charge in [0.2, 0.25) is 5.91 Å². The Morgan fingerprint density at radius 2 is 1.78 bits per heavy atom. The maximum atomic E-state index is 12.2. The van der Waals surface area contributed by atoms with E-state index in [0.29, 0.717) is 6.04 Å². The van der Waals surface area contributed by atoms with Crippen LogP contribution >= 0.6 is 0 Å². The minimum absolute atomic E-state index is 0.185. The third kappa shape index (κ3) is 4.27. The Bertz CT molecular complexity index is 266. The number of amides is 1. The van der Waals surface area contributed by atoms with Gasteiger partial charge in [-0.05, 0) is 58.4 Å². The molecular formula is C15H30N2O.